The number of hydrogen-bond acceptors (Lipinski definition) is 4. The summed E-state index contributed by atoms with van der Waals surface area (Å²) in [5.41, 5.74) is -0.0786. The van der Waals surface area contributed by atoms with Gasteiger partial charge in [-0.2, -0.15) is 0 Å². The fourth-order valence-electron chi connectivity index (χ4n) is 2.03. The summed E-state index contributed by atoms with van der Waals surface area (Å²) in [5, 5.41) is 2.32. The SMILES string of the molecule is CCOP(=O)(OCC)C(N(C)C(=O)Nc1ccccc1F)C(Cl)(Cl)Cl. The molecule has 0 fully saturated rings. The molecular formula is C14H19Cl3FN2O4P. The minimum atomic E-state index is -4.00. The van der Waals surface area contributed by atoms with Crippen molar-refractivity contribution >= 4 is 54.1 Å². The molecule has 0 heterocycles. The van der Waals surface area contributed by atoms with Gasteiger partial charge in [0.15, 0.2) is 5.78 Å². The van der Waals surface area contributed by atoms with Crippen LogP contribution in [-0.2, 0) is 13.6 Å². The van der Waals surface area contributed by atoms with Crippen molar-refractivity contribution in [2.24, 2.45) is 0 Å². The van der Waals surface area contributed by atoms with Crippen LogP contribution in [-0.4, -0.2) is 40.8 Å². The van der Waals surface area contributed by atoms with Gasteiger partial charge in [-0.25, -0.2) is 9.18 Å². The van der Waals surface area contributed by atoms with E-state index in [0.29, 0.717) is 0 Å². The maximum atomic E-state index is 13.7. The molecule has 1 N–H and O–H groups in total. The number of halogens is 4. The summed E-state index contributed by atoms with van der Waals surface area (Å²) in [6.45, 7) is 3.19. The van der Waals surface area contributed by atoms with E-state index in [0.717, 1.165) is 4.90 Å². The molecule has 0 aliphatic carbocycles. The van der Waals surface area contributed by atoms with Crippen molar-refractivity contribution in [1.82, 2.24) is 4.90 Å². The summed E-state index contributed by atoms with van der Waals surface area (Å²) in [6, 6.07) is 4.69. The lowest BCUT2D eigenvalue weighted by Crippen LogP contribution is -2.47. The van der Waals surface area contributed by atoms with Gasteiger partial charge in [-0.1, -0.05) is 46.9 Å². The highest BCUT2D eigenvalue weighted by molar-refractivity contribution is 7.55. The quantitative estimate of drug-likeness (QED) is 0.469. The average molecular weight is 436 g/mol. The number of rotatable bonds is 7. The maximum Gasteiger partial charge on any atom is 0.357 e. The third-order valence-electron chi connectivity index (χ3n) is 3.01. The number of anilines is 1. The van der Waals surface area contributed by atoms with Gasteiger partial charge in [0.25, 0.3) is 0 Å². The molecule has 1 rings (SSSR count). The molecule has 1 unspecified atom stereocenters. The predicted octanol–water partition coefficient (Wildman–Crippen LogP) is 5.25. The van der Waals surface area contributed by atoms with Gasteiger partial charge in [0.05, 0.1) is 18.9 Å². The number of urea groups is 1. The number of carbonyl (C=O) groups excluding carboxylic acids is 1. The van der Waals surface area contributed by atoms with E-state index in [1.165, 1.54) is 31.3 Å². The van der Waals surface area contributed by atoms with E-state index in [9.17, 15) is 13.8 Å². The van der Waals surface area contributed by atoms with Crippen molar-refractivity contribution in [3.05, 3.63) is 30.1 Å². The number of carbonyl (C=O) groups is 1. The molecule has 6 nitrogen and oxygen atoms in total. The largest absolute Gasteiger partial charge is 0.357 e. The summed E-state index contributed by atoms with van der Waals surface area (Å²) in [5.74, 6) is -2.19. The van der Waals surface area contributed by atoms with Gasteiger partial charge in [0.1, 0.15) is 5.82 Å². The maximum absolute atomic E-state index is 13.7. The number of para-hydroxylation sites is 1. The molecule has 0 radical (unpaired) electrons. The topological polar surface area (TPSA) is 67.9 Å². The Hall–Kier alpha value is -0.560. The minimum Gasteiger partial charge on any atom is -0.309 e. The summed E-state index contributed by atoms with van der Waals surface area (Å²) in [7, 11) is -2.76. The van der Waals surface area contributed by atoms with E-state index >= 15 is 0 Å². The first-order valence-electron chi connectivity index (χ1n) is 7.30. The number of benzene rings is 1. The number of amides is 2. The second-order valence-electron chi connectivity index (χ2n) is 4.81. The third kappa shape index (κ3) is 5.98. The smallest absolute Gasteiger partial charge is 0.309 e. The molecule has 1 atom stereocenters. The van der Waals surface area contributed by atoms with E-state index in [2.05, 4.69) is 5.32 Å². The van der Waals surface area contributed by atoms with Crippen molar-refractivity contribution < 1.29 is 22.8 Å². The second-order valence-corrected chi connectivity index (χ2v) is 9.27. The van der Waals surface area contributed by atoms with Crippen molar-refractivity contribution in [3.8, 4) is 0 Å². The zero-order valence-corrected chi connectivity index (χ0v) is 17.0. The zero-order chi connectivity index (χ0) is 19.3. The zero-order valence-electron chi connectivity index (χ0n) is 13.8. The monoisotopic (exact) mass is 434 g/mol. The molecule has 1 aromatic carbocycles. The van der Waals surface area contributed by atoms with Crippen LogP contribution >= 0.6 is 42.4 Å². The van der Waals surface area contributed by atoms with Crippen LogP contribution in [0.15, 0.2) is 24.3 Å². The van der Waals surface area contributed by atoms with E-state index in [4.69, 9.17) is 43.9 Å². The highest BCUT2D eigenvalue weighted by atomic mass is 35.6. The van der Waals surface area contributed by atoms with Crippen molar-refractivity contribution in [2.45, 2.75) is 23.4 Å². The first-order valence-corrected chi connectivity index (χ1v) is 10.0. The second kappa shape index (κ2) is 9.40. The molecule has 0 aliphatic rings. The Balaban J connectivity index is 3.16. The van der Waals surface area contributed by atoms with E-state index in [1.807, 2.05) is 0 Å². The fourth-order valence-corrected chi connectivity index (χ4v) is 5.51. The minimum absolute atomic E-state index is 0.0112. The number of alkyl halides is 3. The highest BCUT2D eigenvalue weighted by Gasteiger charge is 2.52. The van der Waals surface area contributed by atoms with Gasteiger partial charge in [-0.3, -0.25) is 4.57 Å². The van der Waals surface area contributed by atoms with E-state index < -0.39 is 29.0 Å². The van der Waals surface area contributed by atoms with Crippen LogP contribution in [0, 0.1) is 5.82 Å². The summed E-state index contributed by atoms with van der Waals surface area (Å²) >= 11 is 17.8. The lowest BCUT2D eigenvalue weighted by Gasteiger charge is -2.36. The lowest BCUT2D eigenvalue weighted by atomic mass is 10.3. The molecule has 0 saturated carbocycles. The normalized spacial score (nSPS) is 13.4. The molecule has 0 saturated heterocycles. The lowest BCUT2D eigenvalue weighted by molar-refractivity contribution is 0.177. The Labute approximate surface area is 161 Å². The molecule has 142 valence electrons. The van der Waals surface area contributed by atoms with Crippen LogP contribution in [0.3, 0.4) is 0 Å². The van der Waals surface area contributed by atoms with Crippen molar-refractivity contribution in [2.75, 3.05) is 25.6 Å². The Morgan fingerprint density at radius 2 is 1.80 bits per heavy atom. The number of nitrogens with one attached hydrogen (secondary N) is 1. The van der Waals surface area contributed by atoms with Crippen molar-refractivity contribution in [1.29, 1.82) is 0 Å². The molecule has 2 amide bonds. The van der Waals surface area contributed by atoms with Gasteiger partial charge in [-0.05, 0) is 26.0 Å². The highest BCUT2D eigenvalue weighted by Crippen LogP contribution is 2.60. The Kier molecular flexibility index (Phi) is 8.45. The first kappa shape index (κ1) is 22.5. The molecular weight excluding hydrogens is 416 g/mol. The van der Waals surface area contributed by atoms with Crippen molar-refractivity contribution in [3.63, 3.8) is 0 Å². The molecule has 0 bridgehead atoms. The third-order valence-corrected chi connectivity index (χ3v) is 6.66. The van der Waals surface area contributed by atoms with Crippen LogP contribution in [0.1, 0.15) is 13.8 Å². The van der Waals surface area contributed by atoms with Crippen LogP contribution < -0.4 is 5.32 Å². The Morgan fingerprint density at radius 1 is 1.28 bits per heavy atom. The van der Waals surface area contributed by atoms with Crippen LogP contribution in [0.4, 0.5) is 14.9 Å². The van der Waals surface area contributed by atoms with Gasteiger partial charge in [0, 0.05) is 7.05 Å². The van der Waals surface area contributed by atoms with Gasteiger partial charge >= 0.3 is 13.6 Å². The molecule has 1 aromatic rings. The summed E-state index contributed by atoms with van der Waals surface area (Å²) in [4.78, 5) is 13.3. The number of hydrogen-bond donors (Lipinski definition) is 1. The Morgan fingerprint density at radius 3 is 2.24 bits per heavy atom. The molecule has 11 heteroatoms. The van der Waals surface area contributed by atoms with Gasteiger partial charge in [0.2, 0.25) is 3.79 Å². The molecule has 0 aliphatic heterocycles. The predicted molar refractivity (Wildman–Crippen MR) is 98.1 cm³/mol. The van der Waals surface area contributed by atoms with Crippen LogP contribution in [0.5, 0.6) is 0 Å². The number of nitrogens with zero attached hydrogens (tertiary/aromatic N) is 1. The van der Waals surface area contributed by atoms with E-state index in [-0.39, 0.29) is 18.9 Å². The van der Waals surface area contributed by atoms with Gasteiger partial charge < -0.3 is 19.3 Å². The van der Waals surface area contributed by atoms with E-state index in [1.54, 1.807) is 13.8 Å². The molecule has 0 aromatic heterocycles. The molecule has 25 heavy (non-hydrogen) atoms. The van der Waals surface area contributed by atoms with Gasteiger partial charge in [-0.15, -0.1) is 0 Å². The summed E-state index contributed by atoms with van der Waals surface area (Å²) in [6.07, 6.45) is 0. The Bertz CT molecular complexity index is 635. The standard InChI is InChI=1S/C14H19Cl3FN2O4P/c1-4-23-25(22,24-5-2)12(14(15,16)17)20(3)13(21)19-11-9-7-6-8-10(11)18/h6-9,12H,4-5H2,1-3H3,(H,19,21). The average Bonchev–Trinajstić information content (AvgIpc) is 2.48. The van der Waals surface area contributed by atoms with Crippen LogP contribution in [0.2, 0.25) is 0 Å². The fraction of sp³-hybridized carbons (Fsp3) is 0.500. The van der Waals surface area contributed by atoms with Crippen LogP contribution in [0.25, 0.3) is 0 Å². The summed E-state index contributed by atoms with van der Waals surface area (Å²) < 4.78 is 34.9. The molecule has 0 spiro atoms. The first-order chi connectivity index (χ1) is 11.6.